The summed E-state index contributed by atoms with van der Waals surface area (Å²) in [5.74, 6) is 1.79. The molecule has 19 heavy (non-hydrogen) atoms. The first kappa shape index (κ1) is 15.5. The molecular weight excluding hydrogens is 236 g/mol. The minimum atomic E-state index is 0.0944. The van der Waals surface area contributed by atoms with E-state index >= 15 is 0 Å². The zero-order chi connectivity index (χ0) is 14.1. The van der Waals surface area contributed by atoms with Crippen molar-refractivity contribution in [1.82, 2.24) is 0 Å². The standard InChI is InChI=1S/C16H26N2O/c1-3-6-13(4-2)7-5-12-19-15-10-8-14(9-11-15)16(17)18/h8-11,13H,3-7,12H2,1-2H3,(H3,17,18). The molecule has 0 saturated carbocycles. The molecule has 0 aliphatic rings. The first-order valence-electron chi connectivity index (χ1n) is 7.24. The van der Waals surface area contributed by atoms with E-state index in [1.165, 1.54) is 25.7 Å². The highest BCUT2D eigenvalue weighted by molar-refractivity contribution is 5.94. The molecule has 3 heteroatoms. The van der Waals surface area contributed by atoms with Crippen molar-refractivity contribution >= 4 is 5.84 Å². The van der Waals surface area contributed by atoms with Crippen molar-refractivity contribution in [3.05, 3.63) is 29.8 Å². The van der Waals surface area contributed by atoms with Crippen LogP contribution in [0.15, 0.2) is 24.3 Å². The van der Waals surface area contributed by atoms with Gasteiger partial charge in [0, 0.05) is 5.56 Å². The van der Waals surface area contributed by atoms with E-state index in [4.69, 9.17) is 15.9 Å². The van der Waals surface area contributed by atoms with Crippen LogP contribution in [0, 0.1) is 11.3 Å². The summed E-state index contributed by atoms with van der Waals surface area (Å²) in [7, 11) is 0. The summed E-state index contributed by atoms with van der Waals surface area (Å²) < 4.78 is 5.70. The third-order valence-electron chi connectivity index (χ3n) is 3.47. The molecule has 0 aliphatic heterocycles. The number of hydrogen-bond donors (Lipinski definition) is 2. The Hall–Kier alpha value is -1.51. The molecule has 1 aromatic carbocycles. The maximum Gasteiger partial charge on any atom is 0.122 e. The summed E-state index contributed by atoms with van der Waals surface area (Å²) in [5, 5.41) is 7.32. The van der Waals surface area contributed by atoms with Crippen LogP contribution < -0.4 is 10.5 Å². The normalized spacial score (nSPS) is 12.1. The van der Waals surface area contributed by atoms with Gasteiger partial charge in [0.15, 0.2) is 0 Å². The van der Waals surface area contributed by atoms with Gasteiger partial charge in [0.2, 0.25) is 0 Å². The van der Waals surface area contributed by atoms with Gasteiger partial charge in [0.05, 0.1) is 6.61 Å². The zero-order valence-electron chi connectivity index (χ0n) is 12.1. The fourth-order valence-corrected chi connectivity index (χ4v) is 2.25. The van der Waals surface area contributed by atoms with Gasteiger partial charge in [-0.15, -0.1) is 0 Å². The highest BCUT2D eigenvalue weighted by Crippen LogP contribution is 2.18. The van der Waals surface area contributed by atoms with Crippen LogP contribution in [0.3, 0.4) is 0 Å². The molecule has 1 aromatic rings. The van der Waals surface area contributed by atoms with E-state index < -0.39 is 0 Å². The van der Waals surface area contributed by atoms with Gasteiger partial charge in [-0.25, -0.2) is 0 Å². The van der Waals surface area contributed by atoms with E-state index in [1.807, 2.05) is 24.3 Å². The molecule has 1 atom stereocenters. The van der Waals surface area contributed by atoms with Crippen LogP contribution in [0.25, 0.3) is 0 Å². The van der Waals surface area contributed by atoms with Crippen molar-refractivity contribution in [3.8, 4) is 5.75 Å². The molecule has 0 heterocycles. The molecule has 0 fully saturated rings. The SMILES string of the molecule is CCCC(CC)CCCOc1ccc(C(=N)N)cc1. The molecule has 0 aromatic heterocycles. The minimum absolute atomic E-state index is 0.0944. The molecule has 3 N–H and O–H groups in total. The van der Waals surface area contributed by atoms with Crippen LogP contribution in [0.1, 0.15) is 51.5 Å². The lowest BCUT2D eigenvalue weighted by Crippen LogP contribution is -2.10. The van der Waals surface area contributed by atoms with Crippen LogP contribution in [0.4, 0.5) is 0 Å². The molecular formula is C16H26N2O. The first-order chi connectivity index (χ1) is 9.17. The molecule has 0 spiro atoms. The highest BCUT2D eigenvalue weighted by Gasteiger charge is 2.04. The summed E-state index contributed by atoms with van der Waals surface area (Å²) >= 11 is 0. The van der Waals surface area contributed by atoms with E-state index in [2.05, 4.69) is 13.8 Å². The smallest absolute Gasteiger partial charge is 0.122 e. The third kappa shape index (κ3) is 5.77. The monoisotopic (exact) mass is 262 g/mol. The van der Waals surface area contributed by atoms with Gasteiger partial charge in [-0.05, 0) is 43.0 Å². The fraction of sp³-hybridized carbons (Fsp3) is 0.562. The van der Waals surface area contributed by atoms with Crippen molar-refractivity contribution in [3.63, 3.8) is 0 Å². The lowest BCUT2D eigenvalue weighted by atomic mass is 9.96. The Morgan fingerprint density at radius 3 is 2.42 bits per heavy atom. The number of hydrogen-bond acceptors (Lipinski definition) is 2. The Morgan fingerprint density at radius 2 is 1.89 bits per heavy atom. The average molecular weight is 262 g/mol. The molecule has 1 unspecified atom stereocenters. The number of benzene rings is 1. The Bertz CT molecular complexity index is 373. The lowest BCUT2D eigenvalue weighted by molar-refractivity contribution is 0.286. The number of amidine groups is 1. The molecule has 0 radical (unpaired) electrons. The van der Waals surface area contributed by atoms with Gasteiger partial charge in [0.25, 0.3) is 0 Å². The van der Waals surface area contributed by atoms with E-state index in [1.54, 1.807) is 0 Å². The molecule has 1 rings (SSSR count). The fourth-order valence-electron chi connectivity index (χ4n) is 2.25. The summed E-state index contributed by atoms with van der Waals surface area (Å²) in [6, 6.07) is 7.40. The largest absolute Gasteiger partial charge is 0.494 e. The lowest BCUT2D eigenvalue weighted by Gasteiger charge is -2.13. The van der Waals surface area contributed by atoms with E-state index in [9.17, 15) is 0 Å². The zero-order valence-corrected chi connectivity index (χ0v) is 12.1. The van der Waals surface area contributed by atoms with Crippen molar-refractivity contribution in [1.29, 1.82) is 5.41 Å². The van der Waals surface area contributed by atoms with Crippen LogP contribution in [0.5, 0.6) is 5.75 Å². The second-order valence-electron chi connectivity index (χ2n) is 4.99. The van der Waals surface area contributed by atoms with Crippen LogP contribution in [0.2, 0.25) is 0 Å². The topological polar surface area (TPSA) is 59.1 Å². The van der Waals surface area contributed by atoms with Crippen molar-refractivity contribution in [2.24, 2.45) is 11.7 Å². The third-order valence-corrected chi connectivity index (χ3v) is 3.47. The summed E-state index contributed by atoms with van der Waals surface area (Å²) in [6.45, 7) is 5.27. The van der Waals surface area contributed by atoms with E-state index in [0.717, 1.165) is 30.3 Å². The van der Waals surface area contributed by atoms with Crippen LogP contribution in [-0.2, 0) is 0 Å². The van der Waals surface area contributed by atoms with Crippen LogP contribution >= 0.6 is 0 Å². The molecule has 0 aliphatic carbocycles. The van der Waals surface area contributed by atoms with Gasteiger partial charge in [0.1, 0.15) is 11.6 Å². The summed E-state index contributed by atoms with van der Waals surface area (Å²) in [4.78, 5) is 0. The van der Waals surface area contributed by atoms with Crippen LogP contribution in [-0.4, -0.2) is 12.4 Å². The average Bonchev–Trinajstić information content (AvgIpc) is 2.42. The quantitative estimate of drug-likeness (QED) is 0.402. The van der Waals surface area contributed by atoms with E-state index in [0.29, 0.717) is 0 Å². The molecule has 106 valence electrons. The highest BCUT2D eigenvalue weighted by atomic mass is 16.5. The first-order valence-corrected chi connectivity index (χ1v) is 7.24. The summed E-state index contributed by atoms with van der Waals surface area (Å²) in [6.07, 6.45) is 6.21. The minimum Gasteiger partial charge on any atom is -0.494 e. The predicted octanol–water partition coefficient (Wildman–Crippen LogP) is 3.96. The number of nitrogens with two attached hydrogens (primary N) is 1. The van der Waals surface area contributed by atoms with Crippen molar-refractivity contribution in [2.75, 3.05) is 6.61 Å². The van der Waals surface area contributed by atoms with Crippen molar-refractivity contribution in [2.45, 2.75) is 46.0 Å². The second-order valence-corrected chi connectivity index (χ2v) is 4.99. The summed E-state index contributed by atoms with van der Waals surface area (Å²) in [5.41, 5.74) is 6.14. The Balaban J connectivity index is 2.27. The Labute approximate surface area is 116 Å². The molecule has 0 saturated heterocycles. The van der Waals surface area contributed by atoms with Gasteiger partial charge in [-0.1, -0.05) is 33.1 Å². The molecule has 0 amide bonds. The number of rotatable bonds is 9. The maximum absolute atomic E-state index is 7.32. The molecule has 3 nitrogen and oxygen atoms in total. The second kappa shape index (κ2) is 8.57. The predicted molar refractivity (Wildman–Crippen MR) is 80.9 cm³/mol. The van der Waals surface area contributed by atoms with Gasteiger partial charge < -0.3 is 10.5 Å². The Kier molecular flexibility index (Phi) is 7.01. The maximum atomic E-state index is 7.32. The Morgan fingerprint density at radius 1 is 1.21 bits per heavy atom. The van der Waals surface area contributed by atoms with Gasteiger partial charge in [-0.3, -0.25) is 5.41 Å². The molecule has 0 bridgehead atoms. The van der Waals surface area contributed by atoms with Gasteiger partial charge in [-0.2, -0.15) is 0 Å². The van der Waals surface area contributed by atoms with E-state index in [-0.39, 0.29) is 5.84 Å². The number of ether oxygens (including phenoxy) is 1. The number of nitrogen functional groups attached to an aromatic ring is 1. The van der Waals surface area contributed by atoms with Crippen molar-refractivity contribution < 1.29 is 4.74 Å². The van der Waals surface area contributed by atoms with Gasteiger partial charge >= 0.3 is 0 Å². The number of nitrogens with one attached hydrogen (secondary N) is 1.